The van der Waals surface area contributed by atoms with Gasteiger partial charge in [0.2, 0.25) is 11.5 Å². The maximum absolute atomic E-state index is 11.6. The van der Waals surface area contributed by atoms with Crippen LogP contribution in [-0.4, -0.2) is 19.3 Å². The summed E-state index contributed by atoms with van der Waals surface area (Å²) in [5, 5.41) is 10.1. The van der Waals surface area contributed by atoms with Gasteiger partial charge in [-0.3, -0.25) is 4.79 Å². The minimum absolute atomic E-state index is 0.0899. The Hall–Kier alpha value is -2.17. The van der Waals surface area contributed by atoms with E-state index in [1.165, 1.54) is 32.6 Å². The molecule has 0 saturated carbocycles. The van der Waals surface area contributed by atoms with Crippen molar-refractivity contribution in [3.8, 4) is 17.2 Å². The SMILES string of the molecule is COc1cc2c(=O)ccoc2c(OC)c1O. The number of benzene rings is 1. The minimum atomic E-state index is -0.224. The van der Waals surface area contributed by atoms with E-state index in [4.69, 9.17) is 13.9 Å². The molecule has 16 heavy (non-hydrogen) atoms. The fourth-order valence-electron chi connectivity index (χ4n) is 1.51. The van der Waals surface area contributed by atoms with Gasteiger partial charge in [-0.15, -0.1) is 0 Å². The second kappa shape index (κ2) is 3.77. The Bertz CT molecular complexity index is 585. The molecule has 0 fully saturated rings. The summed E-state index contributed by atoms with van der Waals surface area (Å²) in [6.45, 7) is 0. The Morgan fingerprint density at radius 1 is 1.31 bits per heavy atom. The quantitative estimate of drug-likeness (QED) is 0.834. The van der Waals surface area contributed by atoms with Gasteiger partial charge < -0.3 is 19.0 Å². The lowest BCUT2D eigenvalue weighted by Gasteiger charge is -2.09. The molecule has 2 rings (SSSR count). The van der Waals surface area contributed by atoms with Crippen molar-refractivity contribution >= 4 is 11.0 Å². The van der Waals surface area contributed by atoms with E-state index < -0.39 is 0 Å². The predicted octanol–water partition coefficient (Wildman–Crippen LogP) is 1.52. The van der Waals surface area contributed by atoms with E-state index in [0.29, 0.717) is 5.39 Å². The van der Waals surface area contributed by atoms with Crippen LogP contribution < -0.4 is 14.9 Å². The van der Waals surface area contributed by atoms with Crippen LogP contribution in [0.5, 0.6) is 17.2 Å². The Morgan fingerprint density at radius 3 is 2.69 bits per heavy atom. The van der Waals surface area contributed by atoms with Gasteiger partial charge in [0.1, 0.15) is 0 Å². The molecule has 2 aromatic rings. The third-order valence-electron chi connectivity index (χ3n) is 2.27. The number of hydrogen-bond donors (Lipinski definition) is 1. The van der Waals surface area contributed by atoms with Crippen LogP contribution in [0.3, 0.4) is 0 Å². The average Bonchev–Trinajstić information content (AvgIpc) is 2.29. The summed E-state index contributed by atoms with van der Waals surface area (Å²) in [7, 11) is 2.77. The summed E-state index contributed by atoms with van der Waals surface area (Å²) < 4.78 is 15.1. The first-order chi connectivity index (χ1) is 7.69. The monoisotopic (exact) mass is 222 g/mol. The Balaban J connectivity index is 2.95. The van der Waals surface area contributed by atoms with Crippen molar-refractivity contribution in [2.45, 2.75) is 0 Å². The average molecular weight is 222 g/mol. The summed E-state index contributed by atoms with van der Waals surface area (Å²) in [4.78, 5) is 11.6. The highest BCUT2D eigenvalue weighted by atomic mass is 16.5. The van der Waals surface area contributed by atoms with E-state index in [9.17, 15) is 9.90 Å². The zero-order valence-corrected chi connectivity index (χ0v) is 8.81. The fraction of sp³-hybridized carbons (Fsp3) is 0.182. The smallest absolute Gasteiger partial charge is 0.208 e. The maximum atomic E-state index is 11.6. The lowest BCUT2D eigenvalue weighted by Crippen LogP contribution is -2.00. The second-order valence-corrected chi connectivity index (χ2v) is 3.12. The van der Waals surface area contributed by atoms with Crippen LogP contribution >= 0.6 is 0 Å². The van der Waals surface area contributed by atoms with Gasteiger partial charge in [0.05, 0.1) is 25.9 Å². The maximum Gasteiger partial charge on any atom is 0.208 e. The standard InChI is InChI=1S/C11H10O5/c1-14-8-5-6-7(12)3-4-16-10(6)11(15-2)9(8)13/h3-5,13H,1-2H3. The van der Waals surface area contributed by atoms with E-state index in [2.05, 4.69) is 0 Å². The molecule has 0 unspecified atom stereocenters. The van der Waals surface area contributed by atoms with E-state index in [0.717, 1.165) is 0 Å². The third kappa shape index (κ3) is 1.37. The van der Waals surface area contributed by atoms with Crippen LogP contribution in [0, 0.1) is 0 Å². The van der Waals surface area contributed by atoms with Crippen molar-refractivity contribution in [1.82, 2.24) is 0 Å². The number of methoxy groups -OCH3 is 2. The minimum Gasteiger partial charge on any atom is -0.502 e. The normalized spacial score (nSPS) is 10.4. The summed E-state index contributed by atoms with van der Waals surface area (Å²) in [6, 6.07) is 2.71. The first-order valence-electron chi connectivity index (χ1n) is 4.54. The Labute approximate surface area is 90.8 Å². The van der Waals surface area contributed by atoms with Gasteiger partial charge in [-0.05, 0) is 6.07 Å². The second-order valence-electron chi connectivity index (χ2n) is 3.12. The number of phenolic OH excluding ortho intramolecular Hbond substituents is 1. The van der Waals surface area contributed by atoms with Gasteiger partial charge in [0, 0.05) is 6.07 Å². The molecule has 1 aromatic carbocycles. The van der Waals surface area contributed by atoms with Gasteiger partial charge in [0.25, 0.3) is 0 Å². The van der Waals surface area contributed by atoms with Crippen molar-refractivity contribution in [2.24, 2.45) is 0 Å². The first-order valence-corrected chi connectivity index (χ1v) is 4.54. The van der Waals surface area contributed by atoms with Crippen molar-refractivity contribution in [3.05, 3.63) is 28.6 Å². The number of ether oxygens (including phenoxy) is 2. The molecule has 0 spiro atoms. The van der Waals surface area contributed by atoms with Crippen LogP contribution in [-0.2, 0) is 0 Å². The van der Waals surface area contributed by atoms with Gasteiger partial charge in [0.15, 0.2) is 16.8 Å². The summed E-state index contributed by atoms with van der Waals surface area (Å²) >= 11 is 0. The molecule has 0 aliphatic heterocycles. The van der Waals surface area contributed by atoms with Gasteiger partial charge >= 0.3 is 0 Å². The molecular formula is C11H10O5. The van der Waals surface area contributed by atoms with Crippen LogP contribution in [0.2, 0.25) is 0 Å². The largest absolute Gasteiger partial charge is 0.502 e. The highest BCUT2D eigenvalue weighted by Gasteiger charge is 2.17. The molecule has 0 atom stereocenters. The van der Waals surface area contributed by atoms with Crippen molar-refractivity contribution in [3.63, 3.8) is 0 Å². The zero-order valence-electron chi connectivity index (χ0n) is 8.81. The van der Waals surface area contributed by atoms with Crippen LogP contribution in [0.1, 0.15) is 0 Å². The van der Waals surface area contributed by atoms with Crippen molar-refractivity contribution in [1.29, 1.82) is 0 Å². The van der Waals surface area contributed by atoms with Gasteiger partial charge in [-0.2, -0.15) is 0 Å². The highest BCUT2D eigenvalue weighted by molar-refractivity contribution is 5.87. The van der Waals surface area contributed by atoms with E-state index >= 15 is 0 Å². The summed E-state index contributed by atoms with van der Waals surface area (Å²) in [6.07, 6.45) is 1.25. The molecule has 5 nitrogen and oxygen atoms in total. The lowest BCUT2D eigenvalue weighted by atomic mass is 10.2. The number of phenols is 1. The number of hydrogen-bond acceptors (Lipinski definition) is 5. The van der Waals surface area contributed by atoms with Crippen LogP contribution in [0.15, 0.2) is 27.6 Å². The molecule has 0 amide bonds. The fourth-order valence-corrected chi connectivity index (χ4v) is 1.51. The molecule has 0 saturated heterocycles. The molecule has 0 radical (unpaired) electrons. The highest BCUT2D eigenvalue weighted by Crippen LogP contribution is 2.41. The number of fused-ring (bicyclic) bond motifs is 1. The Kier molecular flexibility index (Phi) is 2.44. The molecule has 1 N–H and O–H groups in total. The summed E-state index contributed by atoms with van der Waals surface area (Å²) in [5.74, 6) is 0.0711. The third-order valence-corrected chi connectivity index (χ3v) is 2.27. The van der Waals surface area contributed by atoms with Gasteiger partial charge in [-0.1, -0.05) is 0 Å². The first kappa shape index (κ1) is 10.4. The number of rotatable bonds is 2. The Morgan fingerprint density at radius 2 is 2.06 bits per heavy atom. The van der Waals surface area contributed by atoms with Gasteiger partial charge in [-0.25, -0.2) is 0 Å². The molecule has 0 aliphatic rings. The van der Waals surface area contributed by atoms with Crippen molar-refractivity contribution < 1.29 is 19.0 Å². The molecule has 5 heteroatoms. The van der Waals surface area contributed by atoms with E-state index in [-0.39, 0.29) is 28.3 Å². The van der Waals surface area contributed by atoms with Crippen molar-refractivity contribution in [2.75, 3.05) is 14.2 Å². The molecule has 84 valence electrons. The predicted molar refractivity (Wildman–Crippen MR) is 57.3 cm³/mol. The van der Waals surface area contributed by atoms with E-state index in [1.54, 1.807) is 0 Å². The van der Waals surface area contributed by atoms with Crippen LogP contribution in [0.25, 0.3) is 11.0 Å². The van der Waals surface area contributed by atoms with E-state index in [1.807, 2.05) is 0 Å². The topological polar surface area (TPSA) is 68.9 Å². The molecule has 1 heterocycles. The van der Waals surface area contributed by atoms with Crippen LogP contribution in [0.4, 0.5) is 0 Å². The molecular weight excluding hydrogens is 212 g/mol. The zero-order chi connectivity index (χ0) is 11.7. The molecule has 1 aromatic heterocycles. The lowest BCUT2D eigenvalue weighted by molar-refractivity contribution is 0.339. The molecule has 0 bridgehead atoms. The summed E-state index contributed by atoms with van der Waals surface area (Å²) in [5.41, 5.74) is -0.0221. The molecule has 0 aliphatic carbocycles. The number of aromatic hydroxyl groups is 1.